The Hall–Kier alpha value is -1.97. The molecule has 0 fully saturated rings. The summed E-state index contributed by atoms with van der Waals surface area (Å²) in [5.74, 6) is -0.359. The van der Waals surface area contributed by atoms with Crippen molar-refractivity contribution in [3.8, 4) is 0 Å². The van der Waals surface area contributed by atoms with Gasteiger partial charge in [-0.25, -0.2) is 0 Å². The fourth-order valence-corrected chi connectivity index (χ4v) is 2.86. The maximum absolute atomic E-state index is 12.9. The molecule has 0 N–H and O–H groups in total. The van der Waals surface area contributed by atoms with Gasteiger partial charge >= 0.3 is 0 Å². The summed E-state index contributed by atoms with van der Waals surface area (Å²) in [7, 11) is 0. The first-order chi connectivity index (χ1) is 10.6. The second-order valence-corrected chi connectivity index (χ2v) is 7.63. The van der Waals surface area contributed by atoms with Gasteiger partial charge < -0.3 is 0 Å². The number of nitrogens with zero attached hydrogens (tertiary/aromatic N) is 1. The Kier molecular flexibility index (Phi) is 4.73. The van der Waals surface area contributed by atoms with Gasteiger partial charge in [0, 0.05) is 5.41 Å². The number of ketones is 1. The highest BCUT2D eigenvalue weighted by molar-refractivity contribution is 6.23. The van der Waals surface area contributed by atoms with Gasteiger partial charge in [-0.15, -0.1) is 0 Å². The van der Waals surface area contributed by atoms with E-state index in [9.17, 15) is 14.4 Å². The summed E-state index contributed by atoms with van der Waals surface area (Å²) in [4.78, 5) is 39.4. The average Bonchev–Trinajstić information content (AvgIpc) is 2.71. The number of carbonyl (C=O) groups excluding carboxylic acids is 3. The lowest BCUT2D eigenvalue weighted by molar-refractivity contribution is -0.130. The Labute approximate surface area is 137 Å². The molecule has 0 saturated carbocycles. The predicted octanol–water partition coefficient (Wildman–Crippen LogP) is 3.70. The molecule has 1 atom stereocenters. The van der Waals surface area contributed by atoms with Crippen LogP contribution < -0.4 is 0 Å². The van der Waals surface area contributed by atoms with Crippen LogP contribution in [0.1, 0.15) is 68.2 Å². The summed E-state index contributed by atoms with van der Waals surface area (Å²) >= 11 is 0. The molecule has 2 amide bonds. The number of rotatable bonds is 5. The molecular formula is C19H25NO3. The zero-order chi connectivity index (χ0) is 17.4. The van der Waals surface area contributed by atoms with Crippen molar-refractivity contribution >= 4 is 17.6 Å². The summed E-state index contributed by atoms with van der Waals surface area (Å²) < 4.78 is 0. The smallest absolute Gasteiger partial charge is 0.262 e. The zero-order valence-corrected chi connectivity index (χ0v) is 14.6. The summed E-state index contributed by atoms with van der Waals surface area (Å²) in [6.07, 6.45) is 1.30. The third-order valence-corrected chi connectivity index (χ3v) is 4.20. The lowest BCUT2D eigenvalue weighted by Crippen LogP contribution is -2.48. The van der Waals surface area contributed by atoms with E-state index >= 15 is 0 Å². The Morgan fingerprint density at radius 2 is 1.48 bits per heavy atom. The van der Waals surface area contributed by atoms with Gasteiger partial charge in [0.25, 0.3) is 11.8 Å². The molecule has 0 bridgehead atoms. The first-order valence-electron chi connectivity index (χ1n) is 8.16. The zero-order valence-electron chi connectivity index (χ0n) is 14.6. The lowest BCUT2D eigenvalue weighted by atomic mass is 9.83. The summed E-state index contributed by atoms with van der Waals surface area (Å²) in [5, 5.41) is 0. The van der Waals surface area contributed by atoms with E-state index in [4.69, 9.17) is 0 Å². The normalized spacial score (nSPS) is 16.0. The van der Waals surface area contributed by atoms with E-state index in [1.807, 2.05) is 20.8 Å². The third kappa shape index (κ3) is 3.36. The standard InChI is InChI=1S/C19H25NO3/c1-12(2)10-11-15(16(21)19(3,4)5)20-17(22)13-8-6-7-9-14(13)18(20)23/h6-9,12,15H,10-11H2,1-5H3. The minimum Gasteiger partial charge on any atom is -0.297 e. The highest BCUT2D eigenvalue weighted by Crippen LogP contribution is 2.30. The van der Waals surface area contributed by atoms with Crippen LogP contribution >= 0.6 is 0 Å². The number of carbonyl (C=O) groups is 3. The Balaban J connectivity index is 2.39. The van der Waals surface area contributed by atoms with Crippen LogP contribution in [0.15, 0.2) is 24.3 Å². The van der Waals surface area contributed by atoms with Crippen LogP contribution in [0.3, 0.4) is 0 Å². The van der Waals surface area contributed by atoms with Crippen molar-refractivity contribution in [1.82, 2.24) is 4.90 Å². The van der Waals surface area contributed by atoms with E-state index in [2.05, 4.69) is 13.8 Å². The number of amides is 2. The van der Waals surface area contributed by atoms with Gasteiger partial charge in [0.15, 0.2) is 5.78 Å². The predicted molar refractivity (Wildman–Crippen MR) is 89.3 cm³/mol. The van der Waals surface area contributed by atoms with Crippen molar-refractivity contribution in [2.24, 2.45) is 11.3 Å². The molecule has 1 aliphatic heterocycles. The van der Waals surface area contributed by atoms with Gasteiger partial charge in [-0.1, -0.05) is 46.8 Å². The van der Waals surface area contributed by atoms with Crippen LogP contribution in [0.25, 0.3) is 0 Å². The van der Waals surface area contributed by atoms with Gasteiger partial charge in [0.2, 0.25) is 0 Å². The molecule has 1 unspecified atom stereocenters. The molecule has 1 aromatic rings. The molecule has 1 aromatic carbocycles. The second kappa shape index (κ2) is 6.26. The van der Waals surface area contributed by atoms with Crippen LogP contribution in [0.4, 0.5) is 0 Å². The number of imide groups is 1. The van der Waals surface area contributed by atoms with Crippen LogP contribution in [-0.2, 0) is 4.79 Å². The molecule has 4 heteroatoms. The first kappa shape index (κ1) is 17.4. The highest BCUT2D eigenvalue weighted by Gasteiger charge is 2.44. The first-order valence-corrected chi connectivity index (χ1v) is 8.16. The largest absolute Gasteiger partial charge is 0.297 e. The number of hydrogen-bond acceptors (Lipinski definition) is 3. The summed E-state index contributed by atoms with van der Waals surface area (Å²) in [5.41, 5.74) is 0.194. The maximum atomic E-state index is 12.9. The molecule has 0 radical (unpaired) electrons. The molecular weight excluding hydrogens is 290 g/mol. The Morgan fingerprint density at radius 1 is 1.00 bits per heavy atom. The fourth-order valence-electron chi connectivity index (χ4n) is 2.86. The molecule has 2 rings (SSSR count). The molecule has 0 saturated heterocycles. The highest BCUT2D eigenvalue weighted by atomic mass is 16.2. The molecule has 4 nitrogen and oxygen atoms in total. The number of fused-ring (bicyclic) bond motifs is 1. The Bertz CT molecular complexity index is 605. The molecule has 0 aromatic heterocycles. The lowest BCUT2D eigenvalue weighted by Gasteiger charge is -2.31. The number of benzene rings is 1. The summed E-state index contributed by atoms with van der Waals surface area (Å²) in [6, 6.07) is 6.09. The van der Waals surface area contributed by atoms with E-state index in [1.54, 1.807) is 24.3 Å². The monoisotopic (exact) mass is 315 g/mol. The fraction of sp³-hybridized carbons (Fsp3) is 0.526. The van der Waals surface area contributed by atoms with Crippen LogP contribution in [-0.4, -0.2) is 28.5 Å². The number of hydrogen-bond donors (Lipinski definition) is 0. The van der Waals surface area contributed by atoms with E-state index < -0.39 is 11.5 Å². The van der Waals surface area contributed by atoms with Crippen molar-refractivity contribution < 1.29 is 14.4 Å². The van der Waals surface area contributed by atoms with Crippen LogP contribution in [0.5, 0.6) is 0 Å². The molecule has 1 aliphatic rings. The Morgan fingerprint density at radius 3 is 1.87 bits per heavy atom. The van der Waals surface area contributed by atoms with E-state index in [1.165, 1.54) is 4.90 Å². The van der Waals surface area contributed by atoms with Gasteiger partial charge in [0.05, 0.1) is 17.2 Å². The topological polar surface area (TPSA) is 54.5 Å². The molecule has 0 aliphatic carbocycles. The maximum Gasteiger partial charge on any atom is 0.262 e. The third-order valence-electron chi connectivity index (χ3n) is 4.20. The van der Waals surface area contributed by atoms with Gasteiger partial charge in [-0.3, -0.25) is 19.3 Å². The SMILES string of the molecule is CC(C)CCC(C(=O)C(C)(C)C)N1C(=O)c2ccccc2C1=O. The van der Waals surface area contributed by atoms with Crippen molar-refractivity contribution in [3.05, 3.63) is 35.4 Å². The molecule has 1 heterocycles. The van der Waals surface area contributed by atoms with Crippen molar-refractivity contribution in [2.45, 2.75) is 53.5 Å². The van der Waals surface area contributed by atoms with Crippen LogP contribution in [0.2, 0.25) is 0 Å². The average molecular weight is 315 g/mol. The van der Waals surface area contributed by atoms with Gasteiger partial charge in [-0.2, -0.15) is 0 Å². The van der Waals surface area contributed by atoms with Crippen molar-refractivity contribution in [2.75, 3.05) is 0 Å². The van der Waals surface area contributed by atoms with E-state index in [-0.39, 0.29) is 17.6 Å². The van der Waals surface area contributed by atoms with E-state index in [0.29, 0.717) is 23.5 Å². The van der Waals surface area contributed by atoms with Crippen molar-refractivity contribution in [3.63, 3.8) is 0 Å². The van der Waals surface area contributed by atoms with Crippen LogP contribution in [0, 0.1) is 11.3 Å². The number of Topliss-reactive ketones (excluding diaryl/α,β-unsaturated/α-hetero) is 1. The minimum atomic E-state index is -0.690. The molecule has 23 heavy (non-hydrogen) atoms. The van der Waals surface area contributed by atoms with Gasteiger partial charge in [-0.05, 0) is 30.9 Å². The summed E-state index contributed by atoms with van der Waals surface area (Å²) in [6.45, 7) is 9.63. The molecule has 124 valence electrons. The van der Waals surface area contributed by atoms with Gasteiger partial charge in [0.1, 0.15) is 0 Å². The minimum absolute atomic E-state index is 0.0624. The second-order valence-electron chi connectivity index (χ2n) is 7.63. The quantitative estimate of drug-likeness (QED) is 0.778. The molecule has 0 spiro atoms. The van der Waals surface area contributed by atoms with E-state index in [0.717, 1.165) is 6.42 Å². The van der Waals surface area contributed by atoms with Crippen molar-refractivity contribution in [1.29, 1.82) is 0 Å².